The first-order valence-electron chi connectivity index (χ1n) is 6.97. The molecule has 104 valence electrons. The number of nitrogen functional groups attached to an aromatic ring is 2. The highest BCUT2D eigenvalue weighted by atomic mass is 14.7. The molecule has 2 nitrogen and oxygen atoms in total. The van der Waals surface area contributed by atoms with E-state index in [9.17, 15) is 0 Å². The first-order chi connectivity index (χ1) is 10.2. The molecule has 21 heavy (non-hydrogen) atoms. The predicted molar refractivity (Wildman–Crippen MR) is 90.9 cm³/mol. The van der Waals surface area contributed by atoms with Crippen LogP contribution in [0.2, 0.25) is 0 Å². The normalized spacial score (nSPS) is 10.5. The Morgan fingerprint density at radius 3 is 1.95 bits per heavy atom. The van der Waals surface area contributed by atoms with Gasteiger partial charge in [0, 0.05) is 5.56 Å². The van der Waals surface area contributed by atoms with Gasteiger partial charge in [0.15, 0.2) is 0 Å². The van der Waals surface area contributed by atoms with Gasteiger partial charge in [0.2, 0.25) is 0 Å². The van der Waals surface area contributed by atoms with Crippen molar-refractivity contribution in [2.24, 2.45) is 0 Å². The van der Waals surface area contributed by atoms with Crippen LogP contribution >= 0.6 is 0 Å². The fraction of sp³-hybridized carbons (Fsp3) is 0.0526. The molecule has 3 aromatic rings. The van der Waals surface area contributed by atoms with Crippen LogP contribution in [0.3, 0.4) is 0 Å². The maximum absolute atomic E-state index is 6.16. The summed E-state index contributed by atoms with van der Waals surface area (Å²) in [4.78, 5) is 0. The fourth-order valence-corrected chi connectivity index (χ4v) is 2.52. The summed E-state index contributed by atoms with van der Waals surface area (Å²) in [7, 11) is 0. The SMILES string of the molecule is Cc1ccc(-c2ccccc2-c2cccc(N)c2N)cc1. The molecule has 3 rings (SSSR count). The Bertz CT molecular complexity index is 774. The van der Waals surface area contributed by atoms with Gasteiger partial charge in [0.05, 0.1) is 11.4 Å². The maximum atomic E-state index is 6.16. The summed E-state index contributed by atoms with van der Waals surface area (Å²) in [6.07, 6.45) is 0. The van der Waals surface area contributed by atoms with Crippen LogP contribution in [0.5, 0.6) is 0 Å². The molecule has 0 radical (unpaired) electrons. The van der Waals surface area contributed by atoms with Crippen LogP contribution < -0.4 is 11.5 Å². The van der Waals surface area contributed by atoms with E-state index in [1.807, 2.05) is 30.3 Å². The summed E-state index contributed by atoms with van der Waals surface area (Å²) in [5, 5.41) is 0. The summed E-state index contributed by atoms with van der Waals surface area (Å²) >= 11 is 0. The number of para-hydroxylation sites is 1. The van der Waals surface area contributed by atoms with E-state index >= 15 is 0 Å². The van der Waals surface area contributed by atoms with Crippen LogP contribution in [0.1, 0.15) is 5.56 Å². The quantitative estimate of drug-likeness (QED) is 0.676. The number of anilines is 2. The van der Waals surface area contributed by atoms with E-state index in [-0.39, 0.29) is 0 Å². The lowest BCUT2D eigenvalue weighted by molar-refractivity contribution is 1.47. The zero-order valence-electron chi connectivity index (χ0n) is 12.0. The monoisotopic (exact) mass is 274 g/mol. The standard InChI is InChI=1S/C19H18N2/c1-13-9-11-14(12-10-13)15-5-2-3-6-16(15)17-7-4-8-18(20)19(17)21/h2-12H,20-21H2,1H3. The third-order valence-electron chi connectivity index (χ3n) is 3.72. The number of nitrogens with two attached hydrogens (primary N) is 2. The molecule has 2 heteroatoms. The van der Waals surface area contributed by atoms with Gasteiger partial charge in [-0.3, -0.25) is 0 Å². The average molecular weight is 274 g/mol. The minimum absolute atomic E-state index is 0.617. The predicted octanol–water partition coefficient (Wildman–Crippen LogP) is 4.49. The Hall–Kier alpha value is -2.74. The molecule has 0 unspecified atom stereocenters. The summed E-state index contributed by atoms with van der Waals surface area (Å²) in [6.45, 7) is 2.09. The second-order valence-corrected chi connectivity index (χ2v) is 5.22. The molecule has 0 aliphatic carbocycles. The lowest BCUT2D eigenvalue weighted by atomic mass is 9.93. The average Bonchev–Trinajstić information content (AvgIpc) is 2.51. The van der Waals surface area contributed by atoms with Gasteiger partial charge < -0.3 is 11.5 Å². The Kier molecular flexibility index (Phi) is 3.36. The fourth-order valence-electron chi connectivity index (χ4n) is 2.52. The van der Waals surface area contributed by atoms with Gasteiger partial charge in [-0.2, -0.15) is 0 Å². The van der Waals surface area contributed by atoms with Gasteiger partial charge in [-0.25, -0.2) is 0 Å². The zero-order chi connectivity index (χ0) is 14.8. The summed E-state index contributed by atoms with van der Waals surface area (Å²) in [5.41, 5.74) is 19.0. The van der Waals surface area contributed by atoms with Gasteiger partial charge in [0.1, 0.15) is 0 Å². The van der Waals surface area contributed by atoms with Gasteiger partial charge in [-0.1, -0.05) is 66.2 Å². The van der Waals surface area contributed by atoms with Crippen molar-refractivity contribution in [2.45, 2.75) is 6.92 Å². The van der Waals surface area contributed by atoms with Crippen molar-refractivity contribution in [3.63, 3.8) is 0 Å². The molecule has 0 spiro atoms. The molecule has 0 saturated heterocycles. The number of hydrogen-bond donors (Lipinski definition) is 2. The van der Waals surface area contributed by atoms with Crippen molar-refractivity contribution in [1.82, 2.24) is 0 Å². The van der Waals surface area contributed by atoms with Crippen LogP contribution in [-0.4, -0.2) is 0 Å². The van der Waals surface area contributed by atoms with E-state index in [1.165, 1.54) is 11.1 Å². The second-order valence-electron chi connectivity index (χ2n) is 5.22. The Balaban J connectivity index is 2.21. The molecule has 0 bridgehead atoms. The Labute approximate surface area is 125 Å². The van der Waals surface area contributed by atoms with Gasteiger partial charge in [0.25, 0.3) is 0 Å². The molecule has 0 atom stereocenters. The molecule has 4 N–H and O–H groups in total. The largest absolute Gasteiger partial charge is 0.397 e. The molecule has 0 amide bonds. The molecule has 0 aliphatic heterocycles. The molecule has 0 aromatic heterocycles. The van der Waals surface area contributed by atoms with Crippen LogP contribution in [0.25, 0.3) is 22.3 Å². The van der Waals surface area contributed by atoms with E-state index in [1.54, 1.807) is 0 Å². The lowest BCUT2D eigenvalue weighted by Gasteiger charge is -2.13. The number of hydrogen-bond acceptors (Lipinski definition) is 2. The van der Waals surface area contributed by atoms with Gasteiger partial charge >= 0.3 is 0 Å². The van der Waals surface area contributed by atoms with Crippen LogP contribution in [0, 0.1) is 6.92 Å². The minimum Gasteiger partial charge on any atom is -0.397 e. The minimum atomic E-state index is 0.617. The molecule has 0 heterocycles. The highest BCUT2D eigenvalue weighted by Gasteiger charge is 2.10. The molecule has 0 fully saturated rings. The number of benzene rings is 3. The van der Waals surface area contributed by atoms with E-state index in [0.717, 1.165) is 16.7 Å². The molecular weight excluding hydrogens is 256 g/mol. The van der Waals surface area contributed by atoms with Crippen molar-refractivity contribution in [3.8, 4) is 22.3 Å². The van der Waals surface area contributed by atoms with Crippen LogP contribution in [-0.2, 0) is 0 Å². The smallest absolute Gasteiger partial charge is 0.0627 e. The van der Waals surface area contributed by atoms with Crippen molar-refractivity contribution in [3.05, 3.63) is 72.3 Å². The molecular formula is C19H18N2. The highest BCUT2D eigenvalue weighted by molar-refractivity contribution is 5.92. The topological polar surface area (TPSA) is 52.0 Å². The van der Waals surface area contributed by atoms with Gasteiger partial charge in [-0.05, 0) is 29.7 Å². The Morgan fingerprint density at radius 2 is 1.24 bits per heavy atom. The van der Waals surface area contributed by atoms with Crippen molar-refractivity contribution in [2.75, 3.05) is 11.5 Å². The molecule has 3 aromatic carbocycles. The number of rotatable bonds is 2. The van der Waals surface area contributed by atoms with E-state index in [0.29, 0.717) is 11.4 Å². The third kappa shape index (κ3) is 2.48. The maximum Gasteiger partial charge on any atom is 0.0627 e. The van der Waals surface area contributed by atoms with E-state index in [4.69, 9.17) is 11.5 Å². The first kappa shape index (κ1) is 13.3. The molecule has 0 saturated carbocycles. The zero-order valence-corrected chi connectivity index (χ0v) is 12.0. The molecule has 0 aliphatic rings. The van der Waals surface area contributed by atoms with E-state index < -0.39 is 0 Å². The van der Waals surface area contributed by atoms with Crippen molar-refractivity contribution < 1.29 is 0 Å². The third-order valence-corrected chi connectivity index (χ3v) is 3.72. The summed E-state index contributed by atoms with van der Waals surface area (Å²) in [5.74, 6) is 0. The summed E-state index contributed by atoms with van der Waals surface area (Å²) in [6, 6.07) is 22.6. The van der Waals surface area contributed by atoms with Crippen LogP contribution in [0.15, 0.2) is 66.7 Å². The Morgan fingerprint density at radius 1 is 0.619 bits per heavy atom. The lowest BCUT2D eigenvalue weighted by Crippen LogP contribution is -1.97. The van der Waals surface area contributed by atoms with Crippen LogP contribution in [0.4, 0.5) is 11.4 Å². The highest BCUT2D eigenvalue weighted by Crippen LogP contribution is 2.36. The second kappa shape index (κ2) is 5.33. The first-order valence-corrected chi connectivity index (χ1v) is 6.97. The van der Waals surface area contributed by atoms with Crippen molar-refractivity contribution in [1.29, 1.82) is 0 Å². The van der Waals surface area contributed by atoms with E-state index in [2.05, 4.69) is 43.3 Å². The van der Waals surface area contributed by atoms with Gasteiger partial charge in [-0.15, -0.1) is 0 Å². The summed E-state index contributed by atoms with van der Waals surface area (Å²) < 4.78 is 0. The van der Waals surface area contributed by atoms with Crippen molar-refractivity contribution >= 4 is 11.4 Å². The number of aryl methyl sites for hydroxylation is 1.